The number of aryl methyl sites for hydroxylation is 1. The second-order valence-corrected chi connectivity index (χ2v) is 7.62. The lowest BCUT2D eigenvalue weighted by Gasteiger charge is -2.31. The first-order chi connectivity index (χ1) is 12.8. The van der Waals surface area contributed by atoms with Crippen LogP contribution in [0, 0.1) is 6.92 Å². The molecule has 2 aliphatic rings. The second kappa shape index (κ2) is 6.31. The molecule has 0 radical (unpaired) electrons. The van der Waals surface area contributed by atoms with Gasteiger partial charge in [-0.15, -0.1) is 0 Å². The van der Waals surface area contributed by atoms with E-state index in [0.717, 1.165) is 30.7 Å². The molecule has 0 spiro atoms. The summed E-state index contributed by atoms with van der Waals surface area (Å²) in [6.07, 6.45) is 3.72. The van der Waals surface area contributed by atoms with Crippen molar-refractivity contribution in [2.75, 3.05) is 29.4 Å². The highest BCUT2D eigenvalue weighted by Gasteiger charge is 2.19. The van der Waals surface area contributed by atoms with E-state index >= 15 is 0 Å². The standard InChI is InChI=1S/C23H25N3/c1-17-14-23(25-11-4-5-12-25)21-9-8-20(15-22(21)24-17)26-13-10-18-6-2-3-7-19(18)16-26/h2-3,6-9,14-15H,4-5,10-13,16H2,1H3. The lowest BCUT2D eigenvalue weighted by atomic mass is 9.99. The van der Waals surface area contributed by atoms with Gasteiger partial charge in [-0.3, -0.25) is 4.98 Å². The SMILES string of the molecule is Cc1cc(N2CCCC2)c2ccc(N3CCc4ccccc4C3)cc2n1. The minimum atomic E-state index is 0.993. The molecule has 5 rings (SSSR count). The average Bonchev–Trinajstić information content (AvgIpc) is 3.21. The van der Waals surface area contributed by atoms with Crippen LogP contribution >= 0.6 is 0 Å². The maximum atomic E-state index is 4.85. The van der Waals surface area contributed by atoms with Crippen LogP contribution < -0.4 is 9.80 Å². The van der Waals surface area contributed by atoms with Gasteiger partial charge in [-0.2, -0.15) is 0 Å². The Hall–Kier alpha value is -2.55. The van der Waals surface area contributed by atoms with Crippen LogP contribution in [0.5, 0.6) is 0 Å². The number of rotatable bonds is 2. The highest BCUT2D eigenvalue weighted by atomic mass is 15.1. The molecule has 3 nitrogen and oxygen atoms in total. The molecule has 0 saturated carbocycles. The van der Waals surface area contributed by atoms with E-state index < -0.39 is 0 Å². The van der Waals surface area contributed by atoms with Gasteiger partial charge < -0.3 is 9.80 Å². The van der Waals surface area contributed by atoms with Crippen molar-refractivity contribution in [2.45, 2.75) is 32.7 Å². The molecule has 0 aliphatic carbocycles. The molecule has 1 fully saturated rings. The van der Waals surface area contributed by atoms with Gasteiger partial charge in [0.25, 0.3) is 0 Å². The Morgan fingerprint density at radius 2 is 1.65 bits per heavy atom. The zero-order valence-electron chi connectivity index (χ0n) is 15.4. The van der Waals surface area contributed by atoms with Crippen LogP contribution in [0.3, 0.4) is 0 Å². The first-order valence-electron chi connectivity index (χ1n) is 9.76. The summed E-state index contributed by atoms with van der Waals surface area (Å²) in [5.41, 5.74) is 7.84. The molecule has 0 amide bonds. The fourth-order valence-corrected chi connectivity index (χ4v) is 4.46. The molecule has 0 N–H and O–H groups in total. The summed E-state index contributed by atoms with van der Waals surface area (Å²) in [5, 5.41) is 1.29. The van der Waals surface area contributed by atoms with Crippen LogP contribution in [0.2, 0.25) is 0 Å². The highest BCUT2D eigenvalue weighted by Crippen LogP contribution is 2.33. The Bertz CT molecular complexity index is 957. The summed E-state index contributed by atoms with van der Waals surface area (Å²) in [4.78, 5) is 9.86. The Kier molecular flexibility index (Phi) is 3.81. The van der Waals surface area contributed by atoms with Crippen molar-refractivity contribution < 1.29 is 0 Å². The van der Waals surface area contributed by atoms with E-state index in [1.165, 1.54) is 53.8 Å². The van der Waals surface area contributed by atoms with Gasteiger partial charge >= 0.3 is 0 Å². The maximum Gasteiger partial charge on any atom is 0.0746 e. The molecular formula is C23H25N3. The lowest BCUT2D eigenvalue weighted by Crippen LogP contribution is -2.30. The Balaban J connectivity index is 1.52. The van der Waals surface area contributed by atoms with Crippen molar-refractivity contribution >= 4 is 22.3 Å². The minimum Gasteiger partial charge on any atom is -0.371 e. The van der Waals surface area contributed by atoms with E-state index in [-0.39, 0.29) is 0 Å². The van der Waals surface area contributed by atoms with Gasteiger partial charge in [-0.1, -0.05) is 24.3 Å². The summed E-state index contributed by atoms with van der Waals surface area (Å²) in [5.74, 6) is 0. The van der Waals surface area contributed by atoms with Crippen LogP contribution in [-0.2, 0) is 13.0 Å². The van der Waals surface area contributed by atoms with E-state index in [1.807, 2.05) is 0 Å². The van der Waals surface area contributed by atoms with Gasteiger partial charge in [-0.25, -0.2) is 0 Å². The maximum absolute atomic E-state index is 4.85. The van der Waals surface area contributed by atoms with Crippen molar-refractivity contribution in [2.24, 2.45) is 0 Å². The second-order valence-electron chi connectivity index (χ2n) is 7.62. The zero-order valence-corrected chi connectivity index (χ0v) is 15.4. The minimum absolute atomic E-state index is 0.993. The molecule has 26 heavy (non-hydrogen) atoms. The summed E-state index contributed by atoms with van der Waals surface area (Å²) in [6.45, 7) is 6.52. The molecule has 3 aromatic rings. The molecule has 3 heterocycles. The summed E-state index contributed by atoms with van der Waals surface area (Å²) in [6, 6.07) is 17.9. The van der Waals surface area contributed by atoms with Crippen molar-refractivity contribution in [3.05, 3.63) is 65.4 Å². The molecular weight excluding hydrogens is 318 g/mol. The molecule has 132 valence electrons. The van der Waals surface area contributed by atoms with Gasteiger partial charge in [0, 0.05) is 48.6 Å². The van der Waals surface area contributed by atoms with E-state index in [2.05, 4.69) is 65.3 Å². The summed E-state index contributed by atoms with van der Waals surface area (Å²) >= 11 is 0. The molecule has 3 heteroatoms. The third kappa shape index (κ3) is 2.72. The molecule has 1 aromatic heterocycles. The zero-order chi connectivity index (χ0) is 17.5. The van der Waals surface area contributed by atoms with Crippen molar-refractivity contribution in [3.8, 4) is 0 Å². The molecule has 2 aromatic carbocycles. The number of anilines is 2. The predicted molar refractivity (Wildman–Crippen MR) is 109 cm³/mol. The Morgan fingerprint density at radius 3 is 2.50 bits per heavy atom. The summed E-state index contributed by atoms with van der Waals surface area (Å²) < 4.78 is 0. The fraction of sp³-hybridized carbons (Fsp3) is 0.348. The topological polar surface area (TPSA) is 19.4 Å². The van der Waals surface area contributed by atoms with Gasteiger partial charge in [0.2, 0.25) is 0 Å². The van der Waals surface area contributed by atoms with Crippen LogP contribution in [0.15, 0.2) is 48.5 Å². The number of aromatic nitrogens is 1. The lowest BCUT2D eigenvalue weighted by molar-refractivity contribution is 0.732. The number of pyridine rings is 1. The van der Waals surface area contributed by atoms with Crippen LogP contribution in [0.4, 0.5) is 11.4 Å². The monoisotopic (exact) mass is 343 g/mol. The third-order valence-electron chi connectivity index (χ3n) is 5.84. The van der Waals surface area contributed by atoms with E-state index in [4.69, 9.17) is 4.98 Å². The molecule has 0 atom stereocenters. The number of nitrogens with zero attached hydrogens (tertiary/aromatic N) is 3. The first-order valence-corrected chi connectivity index (χ1v) is 9.76. The van der Waals surface area contributed by atoms with E-state index in [9.17, 15) is 0 Å². The molecule has 0 unspecified atom stereocenters. The number of hydrogen-bond acceptors (Lipinski definition) is 3. The molecule has 1 saturated heterocycles. The molecule has 2 aliphatic heterocycles. The van der Waals surface area contributed by atoms with Gasteiger partial charge in [0.05, 0.1) is 5.52 Å². The van der Waals surface area contributed by atoms with Gasteiger partial charge in [0.1, 0.15) is 0 Å². The van der Waals surface area contributed by atoms with E-state index in [0.29, 0.717) is 0 Å². The fourth-order valence-electron chi connectivity index (χ4n) is 4.46. The quantitative estimate of drug-likeness (QED) is 0.672. The summed E-state index contributed by atoms with van der Waals surface area (Å²) in [7, 11) is 0. The van der Waals surface area contributed by atoms with Crippen molar-refractivity contribution in [1.82, 2.24) is 4.98 Å². The van der Waals surface area contributed by atoms with E-state index in [1.54, 1.807) is 0 Å². The van der Waals surface area contributed by atoms with Crippen LogP contribution in [0.1, 0.15) is 29.7 Å². The Labute approximate surface area is 155 Å². The normalized spacial score (nSPS) is 17.0. The van der Waals surface area contributed by atoms with Gasteiger partial charge in [-0.05, 0) is 61.6 Å². The number of benzene rings is 2. The van der Waals surface area contributed by atoms with Gasteiger partial charge in [0.15, 0.2) is 0 Å². The Morgan fingerprint density at radius 1 is 0.846 bits per heavy atom. The number of fused-ring (bicyclic) bond motifs is 2. The third-order valence-corrected chi connectivity index (χ3v) is 5.84. The largest absolute Gasteiger partial charge is 0.371 e. The predicted octanol–water partition coefficient (Wildman–Crippen LogP) is 4.71. The first kappa shape index (κ1) is 15.7. The van der Waals surface area contributed by atoms with Crippen LogP contribution in [0.25, 0.3) is 10.9 Å². The molecule has 0 bridgehead atoms. The highest BCUT2D eigenvalue weighted by molar-refractivity contribution is 5.94. The van der Waals surface area contributed by atoms with Crippen molar-refractivity contribution in [3.63, 3.8) is 0 Å². The smallest absolute Gasteiger partial charge is 0.0746 e. The van der Waals surface area contributed by atoms with Crippen LogP contribution in [-0.4, -0.2) is 24.6 Å². The number of hydrogen-bond donors (Lipinski definition) is 0. The average molecular weight is 343 g/mol. The van der Waals surface area contributed by atoms with Crippen molar-refractivity contribution in [1.29, 1.82) is 0 Å².